The van der Waals surface area contributed by atoms with Crippen LogP contribution in [-0.4, -0.2) is 47.2 Å². The summed E-state index contributed by atoms with van der Waals surface area (Å²) in [6.45, 7) is 10.2. The van der Waals surface area contributed by atoms with Crippen molar-refractivity contribution in [3.8, 4) is 0 Å². The molecule has 2 aromatic heterocycles. The first kappa shape index (κ1) is 19.2. The predicted molar refractivity (Wildman–Crippen MR) is 110 cm³/mol. The molecule has 1 atom stereocenters. The maximum atomic E-state index is 10.6. The van der Waals surface area contributed by atoms with Crippen LogP contribution in [0.5, 0.6) is 0 Å². The van der Waals surface area contributed by atoms with Gasteiger partial charge in [0.1, 0.15) is 11.5 Å². The van der Waals surface area contributed by atoms with Gasteiger partial charge in [-0.2, -0.15) is 0 Å². The van der Waals surface area contributed by atoms with E-state index in [4.69, 9.17) is 4.42 Å². The zero-order valence-corrected chi connectivity index (χ0v) is 17.4. The van der Waals surface area contributed by atoms with E-state index in [1.165, 1.54) is 22.6 Å². The molecule has 4 heterocycles. The van der Waals surface area contributed by atoms with Crippen molar-refractivity contribution >= 4 is 11.3 Å². The van der Waals surface area contributed by atoms with E-state index in [1.54, 1.807) is 0 Å². The first-order chi connectivity index (χ1) is 13.0. The van der Waals surface area contributed by atoms with Crippen LogP contribution in [0.2, 0.25) is 0 Å². The Morgan fingerprint density at radius 2 is 1.89 bits per heavy atom. The average Bonchev–Trinajstić information content (AvgIpc) is 3.25. The number of aliphatic hydroxyl groups excluding tert-OH is 1. The maximum absolute atomic E-state index is 10.6. The molecule has 2 fully saturated rings. The lowest BCUT2D eigenvalue weighted by molar-refractivity contribution is -0.0450. The van der Waals surface area contributed by atoms with Crippen LogP contribution in [0.25, 0.3) is 0 Å². The molecule has 4 nitrogen and oxygen atoms in total. The third kappa shape index (κ3) is 4.65. The van der Waals surface area contributed by atoms with Gasteiger partial charge in [-0.05, 0) is 75.4 Å². The van der Waals surface area contributed by atoms with Crippen LogP contribution in [0.15, 0.2) is 28.7 Å². The number of hydrogen-bond acceptors (Lipinski definition) is 5. The van der Waals surface area contributed by atoms with E-state index in [2.05, 4.69) is 34.9 Å². The molecule has 2 aromatic rings. The molecular formula is C22H32N2O2S. The molecule has 0 radical (unpaired) electrons. The van der Waals surface area contributed by atoms with Crippen LogP contribution in [0.3, 0.4) is 0 Å². The third-order valence-electron chi connectivity index (χ3n) is 6.23. The van der Waals surface area contributed by atoms with E-state index in [9.17, 15) is 5.11 Å². The molecule has 5 heteroatoms. The molecular weight excluding hydrogens is 356 g/mol. The molecule has 4 rings (SSSR count). The van der Waals surface area contributed by atoms with Gasteiger partial charge < -0.3 is 9.52 Å². The summed E-state index contributed by atoms with van der Waals surface area (Å²) >= 11 is 1.92. The number of hydrogen-bond donors (Lipinski definition) is 1. The van der Waals surface area contributed by atoms with Crippen LogP contribution >= 0.6 is 11.3 Å². The highest BCUT2D eigenvalue weighted by molar-refractivity contribution is 7.11. The largest absolute Gasteiger partial charge is 0.465 e. The van der Waals surface area contributed by atoms with Crippen molar-refractivity contribution in [1.29, 1.82) is 0 Å². The fourth-order valence-corrected chi connectivity index (χ4v) is 5.84. The number of β-amino-alcohol motifs (C(OH)–C–C–N with tert-alkyl or cyclic N) is 1. The second-order valence-electron chi connectivity index (χ2n) is 8.54. The van der Waals surface area contributed by atoms with Crippen LogP contribution in [0, 0.1) is 12.3 Å². The van der Waals surface area contributed by atoms with Gasteiger partial charge in [0.25, 0.3) is 0 Å². The Balaban J connectivity index is 1.35. The first-order valence-electron chi connectivity index (χ1n) is 10.3. The van der Waals surface area contributed by atoms with Crippen molar-refractivity contribution < 1.29 is 9.52 Å². The molecule has 2 saturated heterocycles. The lowest BCUT2D eigenvalue weighted by Crippen LogP contribution is -2.53. The van der Waals surface area contributed by atoms with E-state index in [0.29, 0.717) is 0 Å². The number of rotatable bonds is 5. The van der Waals surface area contributed by atoms with Gasteiger partial charge in [0.05, 0.1) is 12.6 Å². The Hall–Kier alpha value is -1.14. The molecule has 0 aromatic carbocycles. The number of aryl methyl sites for hydroxylation is 2. The Morgan fingerprint density at radius 3 is 2.56 bits per heavy atom. The normalized spacial score (nSPS) is 23.9. The summed E-state index contributed by atoms with van der Waals surface area (Å²) in [6.07, 6.45) is 4.23. The number of furan rings is 1. The molecule has 0 bridgehead atoms. The molecule has 0 aliphatic carbocycles. The fourth-order valence-electron chi connectivity index (χ4n) is 4.84. The third-order valence-corrected chi connectivity index (χ3v) is 7.45. The SMILES string of the molecule is CCc1ccc(CN2CC(O)CC3(CCN(Cc4ccc(C)o4)CC3)C2)s1. The Kier molecular flexibility index (Phi) is 5.74. The van der Waals surface area contributed by atoms with Crippen LogP contribution in [0.4, 0.5) is 0 Å². The summed E-state index contributed by atoms with van der Waals surface area (Å²) < 4.78 is 5.75. The fraction of sp³-hybridized carbons (Fsp3) is 0.636. The van der Waals surface area contributed by atoms with E-state index in [-0.39, 0.29) is 11.5 Å². The molecule has 148 valence electrons. The zero-order valence-electron chi connectivity index (χ0n) is 16.6. The van der Waals surface area contributed by atoms with Gasteiger partial charge >= 0.3 is 0 Å². The van der Waals surface area contributed by atoms with Gasteiger partial charge in [0.15, 0.2) is 0 Å². The van der Waals surface area contributed by atoms with E-state index in [1.807, 2.05) is 24.3 Å². The van der Waals surface area contributed by atoms with Crippen LogP contribution < -0.4 is 0 Å². The van der Waals surface area contributed by atoms with Gasteiger partial charge in [0, 0.05) is 29.4 Å². The van der Waals surface area contributed by atoms with Crippen molar-refractivity contribution in [3.05, 3.63) is 45.5 Å². The number of likely N-dealkylation sites (tertiary alicyclic amines) is 2. The van der Waals surface area contributed by atoms with Crippen molar-refractivity contribution in [2.75, 3.05) is 26.2 Å². The predicted octanol–water partition coefficient (Wildman–Crippen LogP) is 4.06. The van der Waals surface area contributed by atoms with Gasteiger partial charge in [-0.15, -0.1) is 11.3 Å². The minimum Gasteiger partial charge on any atom is -0.465 e. The van der Waals surface area contributed by atoms with Crippen molar-refractivity contribution in [3.63, 3.8) is 0 Å². The molecule has 2 aliphatic heterocycles. The standard InChI is InChI=1S/C22H32N2O2S/c1-3-20-6-7-21(27-20)15-24-13-18(25)12-22(16-24)8-10-23(11-9-22)14-19-5-4-17(2)26-19/h4-7,18,25H,3,8-16H2,1-2H3. The average molecular weight is 389 g/mol. The highest BCUT2D eigenvalue weighted by Crippen LogP contribution is 2.41. The Bertz CT molecular complexity index is 745. The molecule has 27 heavy (non-hydrogen) atoms. The van der Waals surface area contributed by atoms with E-state index >= 15 is 0 Å². The lowest BCUT2D eigenvalue weighted by atomic mass is 9.71. The lowest BCUT2D eigenvalue weighted by Gasteiger charge is -2.49. The molecule has 2 aliphatic rings. The molecule has 0 amide bonds. The van der Waals surface area contributed by atoms with Gasteiger partial charge in [-0.25, -0.2) is 0 Å². The molecule has 0 saturated carbocycles. The summed E-state index contributed by atoms with van der Waals surface area (Å²) in [4.78, 5) is 7.88. The second-order valence-corrected chi connectivity index (χ2v) is 9.79. The first-order valence-corrected chi connectivity index (χ1v) is 11.1. The quantitative estimate of drug-likeness (QED) is 0.838. The van der Waals surface area contributed by atoms with E-state index in [0.717, 1.165) is 63.6 Å². The molecule has 1 spiro atoms. The number of aliphatic hydroxyl groups is 1. The van der Waals surface area contributed by atoms with E-state index < -0.39 is 0 Å². The topological polar surface area (TPSA) is 39.9 Å². The highest BCUT2D eigenvalue weighted by Gasteiger charge is 2.41. The summed E-state index contributed by atoms with van der Waals surface area (Å²) in [5.41, 5.74) is 0.276. The maximum Gasteiger partial charge on any atom is 0.118 e. The summed E-state index contributed by atoms with van der Waals surface area (Å²) in [6, 6.07) is 8.66. The van der Waals surface area contributed by atoms with Crippen molar-refractivity contribution in [2.45, 2.75) is 58.7 Å². The van der Waals surface area contributed by atoms with Gasteiger partial charge in [-0.3, -0.25) is 9.80 Å². The number of thiophene rings is 1. The smallest absolute Gasteiger partial charge is 0.118 e. The Morgan fingerprint density at radius 1 is 1.11 bits per heavy atom. The monoisotopic (exact) mass is 388 g/mol. The van der Waals surface area contributed by atoms with Gasteiger partial charge in [0.2, 0.25) is 0 Å². The Labute approximate surface area is 166 Å². The van der Waals surface area contributed by atoms with Crippen LogP contribution in [0.1, 0.15) is 47.5 Å². The number of nitrogens with zero attached hydrogens (tertiary/aromatic N) is 2. The molecule has 1 N–H and O–H groups in total. The van der Waals surface area contributed by atoms with Crippen molar-refractivity contribution in [1.82, 2.24) is 9.80 Å². The van der Waals surface area contributed by atoms with Crippen LogP contribution in [-0.2, 0) is 19.5 Å². The second kappa shape index (κ2) is 8.08. The minimum absolute atomic E-state index is 0.191. The molecule has 1 unspecified atom stereocenters. The summed E-state index contributed by atoms with van der Waals surface area (Å²) in [5.74, 6) is 2.06. The minimum atomic E-state index is -0.191. The van der Waals surface area contributed by atoms with Gasteiger partial charge in [-0.1, -0.05) is 6.92 Å². The number of piperidine rings is 2. The highest BCUT2D eigenvalue weighted by atomic mass is 32.1. The summed E-state index contributed by atoms with van der Waals surface area (Å²) in [7, 11) is 0. The van der Waals surface area contributed by atoms with Crippen molar-refractivity contribution in [2.24, 2.45) is 5.41 Å². The zero-order chi connectivity index (χ0) is 18.9. The summed E-state index contributed by atoms with van der Waals surface area (Å²) in [5, 5.41) is 10.6.